The summed E-state index contributed by atoms with van der Waals surface area (Å²) in [7, 11) is 1.73. The zero-order chi connectivity index (χ0) is 7.78. The molecule has 0 radical (unpaired) electrons. The van der Waals surface area contributed by atoms with Gasteiger partial charge in [0.2, 0.25) is 5.91 Å². The van der Waals surface area contributed by atoms with E-state index in [1.54, 1.807) is 13.4 Å². The van der Waals surface area contributed by atoms with Crippen molar-refractivity contribution in [1.82, 2.24) is 4.90 Å². The summed E-state index contributed by atoms with van der Waals surface area (Å²) in [6.45, 7) is 4.42. The van der Waals surface area contributed by atoms with Crippen molar-refractivity contribution in [1.29, 1.82) is 0 Å². The van der Waals surface area contributed by atoms with Crippen LogP contribution in [0.1, 0.15) is 13.8 Å². The van der Waals surface area contributed by atoms with Crippen LogP contribution in [0.25, 0.3) is 0 Å². The second-order valence-electron chi connectivity index (χ2n) is 3.26. The van der Waals surface area contributed by atoms with Crippen molar-refractivity contribution < 1.29 is 4.79 Å². The number of hydrogen-bond acceptors (Lipinski definition) is 2. The lowest BCUT2D eigenvalue weighted by molar-refractivity contribution is -0.135. The Morgan fingerprint density at radius 1 is 1.70 bits per heavy atom. The van der Waals surface area contributed by atoms with Gasteiger partial charge in [0.25, 0.3) is 0 Å². The Bertz CT molecular complexity index is 184. The second kappa shape index (κ2) is 2.08. The highest BCUT2D eigenvalue weighted by Crippen LogP contribution is 2.20. The summed E-state index contributed by atoms with van der Waals surface area (Å²) < 4.78 is 0. The Hall–Kier alpha value is -0.860. The molecule has 3 heteroatoms. The van der Waals surface area contributed by atoms with E-state index in [2.05, 4.69) is 4.99 Å². The van der Waals surface area contributed by atoms with Crippen LogP contribution >= 0.6 is 0 Å². The Labute approximate surface area is 60.7 Å². The minimum atomic E-state index is -0.302. The lowest BCUT2D eigenvalue weighted by atomic mass is 9.91. The molecule has 0 aliphatic carbocycles. The van der Waals surface area contributed by atoms with Gasteiger partial charge in [0.05, 0.1) is 18.3 Å². The molecule has 1 rings (SSSR count). The molecule has 1 aliphatic rings. The Morgan fingerprint density at radius 3 is 2.70 bits per heavy atom. The molecule has 0 aromatic carbocycles. The first-order valence-corrected chi connectivity index (χ1v) is 3.31. The third kappa shape index (κ3) is 1.03. The maximum Gasteiger partial charge on any atom is 0.234 e. The third-order valence-corrected chi connectivity index (χ3v) is 1.64. The van der Waals surface area contributed by atoms with Gasteiger partial charge < -0.3 is 4.90 Å². The molecular formula is C7H12N2O. The average Bonchev–Trinajstić information content (AvgIpc) is 1.83. The maximum atomic E-state index is 11.3. The molecule has 1 aliphatic heterocycles. The van der Waals surface area contributed by atoms with E-state index >= 15 is 0 Å². The molecular weight excluding hydrogens is 128 g/mol. The molecule has 3 nitrogen and oxygen atoms in total. The van der Waals surface area contributed by atoms with Crippen molar-refractivity contribution in [3.05, 3.63) is 0 Å². The van der Waals surface area contributed by atoms with Crippen LogP contribution in [-0.2, 0) is 4.79 Å². The minimum Gasteiger partial charge on any atom is -0.306 e. The number of rotatable bonds is 0. The van der Waals surface area contributed by atoms with Gasteiger partial charge in [0.1, 0.15) is 0 Å². The molecule has 0 saturated heterocycles. The summed E-state index contributed by atoms with van der Waals surface area (Å²) in [4.78, 5) is 16.9. The van der Waals surface area contributed by atoms with Crippen LogP contribution in [0.4, 0.5) is 0 Å². The number of carbonyl (C=O) groups excluding carboxylic acids is 1. The Kier molecular flexibility index (Phi) is 1.50. The van der Waals surface area contributed by atoms with E-state index in [0.29, 0.717) is 6.54 Å². The Balaban J connectivity index is 2.85. The molecule has 56 valence electrons. The fraction of sp³-hybridized carbons (Fsp3) is 0.714. The lowest BCUT2D eigenvalue weighted by Crippen LogP contribution is -2.42. The van der Waals surface area contributed by atoms with Gasteiger partial charge in [-0.1, -0.05) is 0 Å². The average molecular weight is 140 g/mol. The molecule has 0 atom stereocenters. The standard InChI is InChI=1S/C7H12N2O/c1-7(2)4-8-5-9(3)6(7)10/h5H,4H2,1-3H3. The van der Waals surface area contributed by atoms with Crippen LogP contribution in [0.5, 0.6) is 0 Å². The molecule has 1 heterocycles. The number of aliphatic imine (C=N–C) groups is 1. The topological polar surface area (TPSA) is 32.7 Å². The molecule has 0 saturated carbocycles. The number of carbonyl (C=O) groups is 1. The normalized spacial score (nSPS) is 23.5. The van der Waals surface area contributed by atoms with Gasteiger partial charge >= 0.3 is 0 Å². The van der Waals surface area contributed by atoms with E-state index in [-0.39, 0.29) is 11.3 Å². The molecule has 0 fully saturated rings. The first-order valence-electron chi connectivity index (χ1n) is 3.31. The third-order valence-electron chi connectivity index (χ3n) is 1.64. The van der Waals surface area contributed by atoms with E-state index in [1.165, 1.54) is 4.90 Å². The molecule has 10 heavy (non-hydrogen) atoms. The van der Waals surface area contributed by atoms with Crippen LogP contribution in [0.3, 0.4) is 0 Å². The van der Waals surface area contributed by atoms with Crippen LogP contribution in [-0.4, -0.2) is 30.7 Å². The summed E-state index contributed by atoms with van der Waals surface area (Å²) >= 11 is 0. The summed E-state index contributed by atoms with van der Waals surface area (Å²) in [5.41, 5.74) is -0.302. The minimum absolute atomic E-state index is 0.141. The maximum absolute atomic E-state index is 11.3. The van der Waals surface area contributed by atoms with Crippen LogP contribution in [0.15, 0.2) is 4.99 Å². The van der Waals surface area contributed by atoms with Crippen molar-refractivity contribution in [2.75, 3.05) is 13.6 Å². The largest absolute Gasteiger partial charge is 0.306 e. The number of nitrogens with zero attached hydrogens (tertiary/aromatic N) is 2. The fourth-order valence-electron chi connectivity index (χ4n) is 0.989. The number of hydrogen-bond donors (Lipinski definition) is 0. The van der Waals surface area contributed by atoms with Gasteiger partial charge in [-0.15, -0.1) is 0 Å². The summed E-state index contributed by atoms with van der Waals surface area (Å²) in [5, 5.41) is 0. The fourth-order valence-corrected chi connectivity index (χ4v) is 0.989. The molecule has 0 aromatic rings. The smallest absolute Gasteiger partial charge is 0.234 e. The molecule has 0 unspecified atom stereocenters. The predicted molar refractivity (Wildman–Crippen MR) is 39.9 cm³/mol. The van der Waals surface area contributed by atoms with E-state index < -0.39 is 0 Å². The highest BCUT2D eigenvalue weighted by Gasteiger charge is 2.31. The summed E-state index contributed by atoms with van der Waals surface area (Å²) in [6, 6.07) is 0. The predicted octanol–water partition coefficient (Wildman–Crippen LogP) is 0.513. The summed E-state index contributed by atoms with van der Waals surface area (Å²) in [5.74, 6) is 0.141. The van der Waals surface area contributed by atoms with E-state index in [4.69, 9.17) is 0 Å². The summed E-state index contributed by atoms with van der Waals surface area (Å²) in [6.07, 6.45) is 1.58. The zero-order valence-corrected chi connectivity index (χ0v) is 6.59. The van der Waals surface area contributed by atoms with Gasteiger partial charge in [0, 0.05) is 7.05 Å². The van der Waals surface area contributed by atoms with Crippen molar-refractivity contribution in [2.24, 2.45) is 10.4 Å². The van der Waals surface area contributed by atoms with E-state index in [9.17, 15) is 4.79 Å². The van der Waals surface area contributed by atoms with Crippen LogP contribution < -0.4 is 0 Å². The van der Waals surface area contributed by atoms with Gasteiger partial charge in [0.15, 0.2) is 0 Å². The molecule has 1 amide bonds. The van der Waals surface area contributed by atoms with Gasteiger partial charge in [-0.25, -0.2) is 0 Å². The SMILES string of the molecule is CN1C=NCC(C)(C)C1=O. The van der Waals surface area contributed by atoms with Crippen LogP contribution in [0.2, 0.25) is 0 Å². The monoisotopic (exact) mass is 140 g/mol. The molecule has 0 bridgehead atoms. The first kappa shape index (κ1) is 7.25. The van der Waals surface area contributed by atoms with E-state index in [0.717, 1.165) is 0 Å². The molecule has 0 aromatic heterocycles. The quantitative estimate of drug-likeness (QED) is 0.482. The van der Waals surface area contributed by atoms with Gasteiger partial charge in [-0.3, -0.25) is 9.79 Å². The van der Waals surface area contributed by atoms with Crippen LogP contribution in [0, 0.1) is 5.41 Å². The number of amides is 1. The highest BCUT2D eigenvalue weighted by atomic mass is 16.2. The first-order chi connectivity index (χ1) is 4.54. The van der Waals surface area contributed by atoms with Gasteiger partial charge in [-0.05, 0) is 13.8 Å². The lowest BCUT2D eigenvalue weighted by Gasteiger charge is -2.29. The van der Waals surface area contributed by atoms with Crippen molar-refractivity contribution in [2.45, 2.75) is 13.8 Å². The van der Waals surface area contributed by atoms with E-state index in [1.807, 2.05) is 13.8 Å². The zero-order valence-electron chi connectivity index (χ0n) is 6.59. The second-order valence-corrected chi connectivity index (χ2v) is 3.26. The van der Waals surface area contributed by atoms with Crippen molar-refractivity contribution in [3.8, 4) is 0 Å². The molecule has 0 N–H and O–H groups in total. The highest BCUT2D eigenvalue weighted by molar-refractivity contribution is 5.93. The van der Waals surface area contributed by atoms with Crippen molar-refractivity contribution >= 4 is 12.2 Å². The van der Waals surface area contributed by atoms with Gasteiger partial charge in [-0.2, -0.15) is 0 Å². The molecule has 0 spiro atoms. The Morgan fingerprint density at radius 2 is 2.30 bits per heavy atom. The van der Waals surface area contributed by atoms with Crippen molar-refractivity contribution in [3.63, 3.8) is 0 Å².